The summed E-state index contributed by atoms with van der Waals surface area (Å²) < 4.78 is 2.03. The zero-order valence-electron chi connectivity index (χ0n) is 6.93. The van der Waals surface area contributed by atoms with Gasteiger partial charge in [-0.25, -0.2) is 0 Å². The summed E-state index contributed by atoms with van der Waals surface area (Å²) in [6, 6.07) is 1.91. The standard InChI is InChI=1S/C9H10ClNO/c1-6(12)9-8(10)5-7-3-2-4-11(7)9/h5H,2-4H2,1H3. The molecule has 0 fully saturated rings. The van der Waals surface area contributed by atoms with Gasteiger partial charge in [-0.2, -0.15) is 0 Å². The molecule has 12 heavy (non-hydrogen) atoms. The molecular weight excluding hydrogens is 174 g/mol. The number of nitrogens with zero attached hydrogens (tertiary/aromatic N) is 1. The molecule has 2 nitrogen and oxygen atoms in total. The maximum Gasteiger partial charge on any atom is 0.177 e. The van der Waals surface area contributed by atoms with Gasteiger partial charge in [0.05, 0.1) is 5.02 Å². The maximum absolute atomic E-state index is 11.2. The topological polar surface area (TPSA) is 22.0 Å². The predicted octanol–water partition coefficient (Wildman–Crippen LogP) is 2.29. The molecule has 0 aliphatic carbocycles. The first-order valence-electron chi connectivity index (χ1n) is 4.09. The Hall–Kier alpha value is -0.760. The van der Waals surface area contributed by atoms with Gasteiger partial charge in [0.2, 0.25) is 0 Å². The van der Waals surface area contributed by atoms with Gasteiger partial charge in [-0.1, -0.05) is 11.6 Å². The van der Waals surface area contributed by atoms with Gasteiger partial charge < -0.3 is 4.57 Å². The van der Waals surface area contributed by atoms with Crippen molar-refractivity contribution in [3.63, 3.8) is 0 Å². The van der Waals surface area contributed by atoms with Crippen LogP contribution in [0.1, 0.15) is 29.5 Å². The highest BCUT2D eigenvalue weighted by molar-refractivity contribution is 6.33. The molecule has 0 N–H and O–H groups in total. The summed E-state index contributed by atoms with van der Waals surface area (Å²) in [6.45, 7) is 2.50. The van der Waals surface area contributed by atoms with E-state index in [1.807, 2.05) is 10.6 Å². The Morgan fingerprint density at radius 3 is 3.08 bits per heavy atom. The lowest BCUT2D eigenvalue weighted by molar-refractivity contribution is 0.100. The van der Waals surface area contributed by atoms with Gasteiger partial charge in [-0.05, 0) is 18.9 Å². The van der Waals surface area contributed by atoms with E-state index in [9.17, 15) is 4.79 Å². The second kappa shape index (κ2) is 2.63. The van der Waals surface area contributed by atoms with Crippen LogP contribution in [0.4, 0.5) is 0 Å². The number of hydrogen-bond acceptors (Lipinski definition) is 1. The second-order valence-corrected chi connectivity index (χ2v) is 3.55. The number of Topliss-reactive ketones (excluding diaryl/α,β-unsaturated/α-hetero) is 1. The molecule has 0 unspecified atom stereocenters. The number of hydrogen-bond donors (Lipinski definition) is 0. The van der Waals surface area contributed by atoms with Crippen molar-refractivity contribution in [2.24, 2.45) is 0 Å². The summed E-state index contributed by atoms with van der Waals surface area (Å²) in [4.78, 5) is 11.2. The highest BCUT2D eigenvalue weighted by atomic mass is 35.5. The van der Waals surface area contributed by atoms with Crippen LogP contribution >= 0.6 is 11.6 Å². The number of carbonyl (C=O) groups is 1. The van der Waals surface area contributed by atoms with Crippen LogP contribution in [-0.4, -0.2) is 10.4 Å². The van der Waals surface area contributed by atoms with Crippen molar-refractivity contribution in [2.45, 2.75) is 26.3 Å². The van der Waals surface area contributed by atoms with Gasteiger partial charge in [-0.15, -0.1) is 0 Å². The highest BCUT2D eigenvalue weighted by Gasteiger charge is 2.20. The Morgan fingerprint density at radius 1 is 1.67 bits per heavy atom. The van der Waals surface area contributed by atoms with Gasteiger partial charge in [-0.3, -0.25) is 4.79 Å². The molecule has 2 rings (SSSR count). The molecule has 0 amide bonds. The summed E-state index contributed by atoms with van der Waals surface area (Å²) in [7, 11) is 0. The number of halogens is 1. The van der Waals surface area contributed by atoms with E-state index in [4.69, 9.17) is 11.6 Å². The molecule has 0 saturated heterocycles. The molecule has 0 bridgehead atoms. The van der Waals surface area contributed by atoms with E-state index < -0.39 is 0 Å². The van der Waals surface area contributed by atoms with Gasteiger partial charge in [0.15, 0.2) is 5.78 Å². The van der Waals surface area contributed by atoms with Crippen LogP contribution in [0, 0.1) is 0 Å². The van der Waals surface area contributed by atoms with Crippen molar-refractivity contribution in [2.75, 3.05) is 0 Å². The van der Waals surface area contributed by atoms with Gasteiger partial charge >= 0.3 is 0 Å². The monoisotopic (exact) mass is 183 g/mol. The molecule has 1 aliphatic heterocycles. The summed E-state index contributed by atoms with van der Waals surface area (Å²) >= 11 is 5.92. The second-order valence-electron chi connectivity index (χ2n) is 3.14. The molecular formula is C9H10ClNO. The smallest absolute Gasteiger partial charge is 0.177 e. The highest BCUT2D eigenvalue weighted by Crippen LogP contribution is 2.27. The van der Waals surface area contributed by atoms with Crippen LogP contribution in [0.3, 0.4) is 0 Å². The number of carbonyl (C=O) groups excluding carboxylic acids is 1. The Labute approximate surface area is 76.1 Å². The molecule has 64 valence electrons. The molecule has 0 saturated carbocycles. The fourth-order valence-corrected chi connectivity index (χ4v) is 2.17. The van der Waals surface area contributed by atoms with Crippen LogP contribution in [0.5, 0.6) is 0 Å². The van der Waals surface area contributed by atoms with Crippen LogP contribution < -0.4 is 0 Å². The minimum atomic E-state index is 0.0631. The van der Waals surface area contributed by atoms with Crippen molar-refractivity contribution in [3.05, 3.63) is 22.5 Å². The maximum atomic E-state index is 11.2. The molecule has 0 aromatic carbocycles. The first kappa shape index (κ1) is 7.87. The van der Waals surface area contributed by atoms with E-state index in [-0.39, 0.29) is 5.78 Å². The van der Waals surface area contributed by atoms with E-state index in [2.05, 4.69) is 0 Å². The number of ketones is 1. The fourth-order valence-electron chi connectivity index (χ4n) is 1.80. The molecule has 3 heteroatoms. The van der Waals surface area contributed by atoms with Crippen LogP contribution in [0.15, 0.2) is 6.07 Å². The van der Waals surface area contributed by atoms with E-state index in [0.29, 0.717) is 10.7 Å². The number of aryl methyl sites for hydroxylation is 1. The summed E-state index contributed by atoms with van der Waals surface area (Å²) in [5, 5.41) is 0.609. The Bertz CT molecular complexity index is 341. The average Bonchev–Trinajstić information content (AvgIpc) is 2.44. The summed E-state index contributed by atoms with van der Waals surface area (Å²) in [6.07, 6.45) is 2.18. The van der Waals surface area contributed by atoms with Crippen molar-refractivity contribution >= 4 is 17.4 Å². The Morgan fingerprint density at radius 2 is 2.42 bits per heavy atom. The Balaban J connectivity index is 2.59. The zero-order chi connectivity index (χ0) is 8.72. The fraction of sp³-hybridized carbons (Fsp3) is 0.444. The van der Waals surface area contributed by atoms with Gasteiger partial charge in [0.1, 0.15) is 5.69 Å². The Kier molecular flexibility index (Phi) is 1.72. The average molecular weight is 184 g/mol. The first-order valence-corrected chi connectivity index (χ1v) is 4.47. The van der Waals surface area contributed by atoms with Crippen LogP contribution in [0.2, 0.25) is 5.02 Å². The minimum absolute atomic E-state index is 0.0631. The van der Waals surface area contributed by atoms with Crippen LogP contribution in [-0.2, 0) is 13.0 Å². The van der Waals surface area contributed by atoms with E-state index in [1.54, 1.807) is 6.92 Å². The molecule has 1 aromatic heterocycles. The lowest BCUT2D eigenvalue weighted by Gasteiger charge is -2.01. The number of rotatable bonds is 1. The van der Waals surface area contributed by atoms with E-state index in [0.717, 1.165) is 19.4 Å². The van der Waals surface area contributed by atoms with Gasteiger partial charge in [0, 0.05) is 19.2 Å². The summed E-state index contributed by atoms with van der Waals surface area (Å²) in [5.74, 6) is 0.0631. The molecule has 0 radical (unpaired) electrons. The first-order chi connectivity index (χ1) is 5.70. The molecule has 1 aliphatic rings. The van der Waals surface area contributed by atoms with E-state index in [1.165, 1.54) is 5.69 Å². The lowest BCUT2D eigenvalue weighted by atomic mass is 10.2. The molecule has 0 atom stereocenters. The minimum Gasteiger partial charge on any atom is -0.341 e. The third-order valence-electron chi connectivity index (χ3n) is 2.28. The predicted molar refractivity (Wildman–Crippen MR) is 47.8 cm³/mol. The van der Waals surface area contributed by atoms with Gasteiger partial charge in [0.25, 0.3) is 0 Å². The van der Waals surface area contributed by atoms with E-state index >= 15 is 0 Å². The third-order valence-corrected chi connectivity index (χ3v) is 2.57. The van der Waals surface area contributed by atoms with Crippen molar-refractivity contribution in [1.82, 2.24) is 4.57 Å². The molecule has 2 heterocycles. The normalized spacial score (nSPS) is 14.8. The quantitative estimate of drug-likeness (QED) is 0.613. The SMILES string of the molecule is CC(=O)c1c(Cl)cc2n1CCC2. The number of aromatic nitrogens is 1. The number of fused-ring (bicyclic) bond motifs is 1. The lowest BCUT2D eigenvalue weighted by Crippen LogP contribution is -2.04. The zero-order valence-corrected chi connectivity index (χ0v) is 7.69. The molecule has 1 aromatic rings. The third kappa shape index (κ3) is 0.985. The van der Waals surface area contributed by atoms with Crippen molar-refractivity contribution in [1.29, 1.82) is 0 Å². The van der Waals surface area contributed by atoms with Crippen molar-refractivity contribution < 1.29 is 4.79 Å². The van der Waals surface area contributed by atoms with Crippen molar-refractivity contribution in [3.8, 4) is 0 Å². The summed E-state index contributed by atoms with van der Waals surface area (Å²) in [5.41, 5.74) is 1.88. The van der Waals surface area contributed by atoms with Crippen LogP contribution in [0.25, 0.3) is 0 Å². The largest absolute Gasteiger partial charge is 0.341 e. The molecule has 0 spiro atoms.